The highest BCUT2D eigenvalue weighted by atomic mass is 32.2. The molecule has 0 N–H and O–H groups in total. The summed E-state index contributed by atoms with van der Waals surface area (Å²) in [5.41, 5.74) is 9.52. The van der Waals surface area contributed by atoms with E-state index in [-0.39, 0.29) is 11.3 Å². The van der Waals surface area contributed by atoms with Crippen molar-refractivity contribution < 1.29 is 0 Å². The fourth-order valence-corrected chi connectivity index (χ4v) is 6.70. The molecule has 2 heteroatoms. The van der Waals surface area contributed by atoms with Crippen LogP contribution in [0, 0.1) is 0 Å². The van der Waals surface area contributed by atoms with Gasteiger partial charge in [0.05, 0.1) is 11.3 Å². The summed E-state index contributed by atoms with van der Waals surface area (Å²) in [7, 11) is 2.26. The molecule has 6 rings (SSSR count). The number of fused-ring (bicyclic) bond motifs is 1. The highest BCUT2D eigenvalue weighted by Crippen LogP contribution is 2.64. The summed E-state index contributed by atoms with van der Waals surface area (Å²) in [6, 6.07) is 43.9. The van der Waals surface area contributed by atoms with E-state index in [9.17, 15) is 0 Å². The van der Waals surface area contributed by atoms with Gasteiger partial charge in [0, 0.05) is 23.2 Å². The van der Waals surface area contributed by atoms with Crippen LogP contribution in [0.2, 0.25) is 0 Å². The Hall–Kier alpha value is -3.49. The molecule has 2 aliphatic rings. The fraction of sp³-hybridized carbons (Fsp3) is 0.0968. The van der Waals surface area contributed by atoms with Crippen molar-refractivity contribution in [2.45, 2.75) is 11.3 Å². The number of hydrogen-bond donors (Lipinski definition) is 0. The maximum Gasteiger partial charge on any atom is 0.0808 e. The van der Waals surface area contributed by atoms with Gasteiger partial charge in [-0.15, -0.1) is 11.8 Å². The largest absolute Gasteiger partial charge is 0.363 e. The van der Waals surface area contributed by atoms with Crippen molar-refractivity contribution in [2.24, 2.45) is 0 Å². The third-order valence-corrected chi connectivity index (χ3v) is 8.04. The Labute approximate surface area is 200 Å². The summed E-state index contributed by atoms with van der Waals surface area (Å²) in [5, 5.41) is 0.266. The van der Waals surface area contributed by atoms with Gasteiger partial charge in [0.15, 0.2) is 0 Å². The quantitative estimate of drug-likeness (QED) is 0.314. The molecule has 4 aromatic carbocycles. The highest BCUT2D eigenvalue weighted by Gasteiger charge is 2.45. The maximum atomic E-state index is 2.49. The Morgan fingerprint density at radius 3 is 1.61 bits per heavy atom. The van der Waals surface area contributed by atoms with E-state index < -0.39 is 0 Å². The van der Waals surface area contributed by atoms with Crippen molar-refractivity contribution in [3.63, 3.8) is 0 Å². The summed E-state index contributed by atoms with van der Waals surface area (Å²) < 4.78 is 0. The minimum atomic E-state index is 0.188. The zero-order chi connectivity index (χ0) is 22.2. The molecule has 0 amide bonds. The second-order valence-corrected chi connectivity index (χ2v) is 9.69. The van der Waals surface area contributed by atoms with Crippen LogP contribution in [0.25, 0.3) is 10.6 Å². The minimum Gasteiger partial charge on any atom is -0.363 e. The SMILES string of the molecule is CN1C(c2ccccc2)=C2C(=C(c3ccccc3)S[C@@H]2c2ccccc2)[C@@H]1c1ccccc1. The standard InChI is InChI=1S/C31H25NS/c1-32-28(22-14-6-2-7-15-22)26-27(29(32)23-16-8-3-9-17-23)31(25-20-12-5-13-21-25)33-30(26)24-18-10-4-11-19-24/h2-21,28,31H,1H3/t28-,31+/m0/s1. The van der Waals surface area contributed by atoms with Crippen molar-refractivity contribution >= 4 is 22.4 Å². The monoisotopic (exact) mass is 443 g/mol. The van der Waals surface area contributed by atoms with E-state index in [1.54, 1.807) is 0 Å². The first kappa shape index (κ1) is 20.1. The van der Waals surface area contributed by atoms with Gasteiger partial charge in [-0.2, -0.15) is 0 Å². The average molecular weight is 444 g/mol. The minimum absolute atomic E-state index is 0.188. The van der Waals surface area contributed by atoms with Crippen LogP contribution in [0.15, 0.2) is 132 Å². The molecule has 160 valence electrons. The molecule has 4 aromatic rings. The Morgan fingerprint density at radius 2 is 1.03 bits per heavy atom. The second-order valence-electron chi connectivity index (χ2n) is 8.57. The van der Waals surface area contributed by atoms with Gasteiger partial charge < -0.3 is 4.90 Å². The van der Waals surface area contributed by atoms with Crippen LogP contribution >= 0.6 is 11.8 Å². The smallest absolute Gasteiger partial charge is 0.0808 e. The zero-order valence-corrected chi connectivity index (χ0v) is 19.4. The van der Waals surface area contributed by atoms with Gasteiger partial charge in [-0.25, -0.2) is 0 Å². The highest BCUT2D eigenvalue weighted by molar-refractivity contribution is 8.09. The second kappa shape index (κ2) is 8.46. The van der Waals surface area contributed by atoms with E-state index >= 15 is 0 Å². The van der Waals surface area contributed by atoms with Gasteiger partial charge in [-0.3, -0.25) is 0 Å². The molecule has 2 heterocycles. The van der Waals surface area contributed by atoms with Crippen LogP contribution in [0.1, 0.15) is 33.5 Å². The third kappa shape index (κ3) is 3.42. The first-order valence-corrected chi connectivity index (χ1v) is 12.3. The van der Waals surface area contributed by atoms with E-state index in [2.05, 4.69) is 133 Å². The third-order valence-electron chi connectivity index (χ3n) is 6.60. The number of likely N-dealkylation sites (N-methyl/N-ethyl adjacent to an activating group) is 1. The van der Waals surface area contributed by atoms with Crippen molar-refractivity contribution in [1.82, 2.24) is 4.90 Å². The lowest BCUT2D eigenvalue weighted by Gasteiger charge is -2.28. The first-order chi connectivity index (χ1) is 16.3. The molecule has 1 nitrogen and oxygen atoms in total. The van der Waals surface area contributed by atoms with E-state index in [4.69, 9.17) is 0 Å². The summed E-state index contributed by atoms with van der Waals surface area (Å²) in [6.45, 7) is 0. The van der Waals surface area contributed by atoms with Gasteiger partial charge in [0.1, 0.15) is 0 Å². The Kier molecular flexibility index (Phi) is 5.16. The number of hydrogen-bond acceptors (Lipinski definition) is 2. The Bertz CT molecular complexity index is 1330. The normalized spacial score (nSPS) is 19.8. The summed E-state index contributed by atoms with van der Waals surface area (Å²) in [4.78, 5) is 3.89. The summed E-state index contributed by atoms with van der Waals surface area (Å²) >= 11 is 2.00. The van der Waals surface area contributed by atoms with Crippen LogP contribution in [-0.4, -0.2) is 11.9 Å². The lowest BCUT2D eigenvalue weighted by atomic mass is 9.89. The lowest BCUT2D eigenvalue weighted by Crippen LogP contribution is -2.19. The molecule has 2 aliphatic heterocycles. The van der Waals surface area contributed by atoms with Gasteiger partial charge in [-0.1, -0.05) is 121 Å². The van der Waals surface area contributed by atoms with Crippen molar-refractivity contribution in [1.29, 1.82) is 0 Å². The van der Waals surface area contributed by atoms with Crippen LogP contribution in [-0.2, 0) is 0 Å². The lowest BCUT2D eigenvalue weighted by molar-refractivity contribution is 0.425. The number of thioether (sulfide) groups is 1. The maximum absolute atomic E-state index is 2.49. The molecular formula is C31H25NS. The molecule has 0 spiro atoms. The van der Waals surface area contributed by atoms with Crippen molar-refractivity contribution in [3.8, 4) is 0 Å². The molecule has 0 saturated heterocycles. The van der Waals surface area contributed by atoms with Gasteiger partial charge in [0.2, 0.25) is 0 Å². The predicted octanol–water partition coefficient (Wildman–Crippen LogP) is 7.98. The number of nitrogens with zero attached hydrogens (tertiary/aromatic N) is 1. The topological polar surface area (TPSA) is 3.24 Å². The summed E-state index contributed by atoms with van der Waals surface area (Å²) in [5.74, 6) is 0. The zero-order valence-electron chi connectivity index (χ0n) is 18.6. The van der Waals surface area contributed by atoms with Crippen LogP contribution in [0.4, 0.5) is 0 Å². The molecule has 0 aromatic heterocycles. The Balaban J connectivity index is 1.65. The predicted molar refractivity (Wildman–Crippen MR) is 140 cm³/mol. The molecule has 0 saturated carbocycles. The molecule has 0 radical (unpaired) electrons. The van der Waals surface area contributed by atoms with Crippen molar-refractivity contribution in [3.05, 3.63) is 155 Å². The number of benzene rings is 4. The average Bonchev–Trinajstić information content (AvgIpc) is 3.40. The van der Waals surface area contributed by atoms with Crippen LogP contribution in [0.3, 0.4) is 0 Å². The Morgan fingerprint density at radius 1 is 0.545 bits per heavy atom. The molecular weight excluding hydrogens is 418 g/mol. The van der Waals surface area contributed by atoms with Crippen molar-refractivity contribution in [2.75, 3.05) is 7.05 Å². The molecule has 2 atom stereocenters. The van der Waals surface area contributed by atoms with E-state index in [1.807, 2.05) is 11.8 Å². The van der Waals surface area contributed by atoms with Crippen LogP contribution < -0.4 is 0 Å². The van der Waals surface area contributed by atoms with E-state index in [0.717, 1.165) is 0 Å². The summed E-state index contributed by atoms with van der Waals surface area (Å²) in [6.07, 6.45) is 0. The van der Waals surface area contributed by atoms with E-state index in [1.165, 1.54) is 44.0 Å². The van der Waals surface area contributed by atoms with Gasteiger partial charge >= 0.3 is 0 Å². The first-order valence-electron chi connectivity index (χ1n) is 11.4. The van der Waals surface area contributed by atoms with Gasteiger partial charge in [-0.05, 0) is 27.8 Å². The van der Waals surface area contributed by atoms with Crippen LogP contribution in [0.5, 0.6) is 0 Å². The molecule has 0 unspecified atom stereocenters. The fourth-order valence-electron chi connectivity index (χ4n) is 5.20. The molecule has 33 heavy (non-hydrogen) atoms. The molecule has 0 fully saturated rings. The molecule has 0 bridgehead atoms. The van der Waals surface area contributed by atoms with Gasteiger partial charge in [0.25, 0.3) is 0 Å². The number of rotatable bonds is 4. The van der Waals surface area contributed by atoms with E-state index in [0.29, 0.717) is 0 Å². The molecule has 0 aliphatic carbocycles.